The lowest BCUT2D eigenvalue weighted by Crippen LogP contribution is -2.12. The summed E-state index contributed by atoms with van der Waals surface area (Å²) < 4.78 is 5.26. The molecule has 0 atom stereocenters. The Morgan fingerprint density at radius 2 is 1.82 bits per heavy atom. The molecule has 6 nitrogen and oxygen atoms in total. The third kappa shape index (κ3) is 2.90. The van der Waals surface area contributed by atoms with Crippen molar-refractivity contribution in [3.63, 3.8) is 0 Å². The van der Waals surface area contributed by atoms with Crippen molar-refractivity contribution in [3.8, 4) is 23.0 Å². The number of hydrogen-bond acceptors (Lipinski definition) is 5. The normalized spacial score (nSPS) is 10.4. The molecular weight excluding hydrogens is 284 g/mol. The number of carbonyl (C=O) groups is 1. The fourth-order valence-electron chi connectivity index (χ4n) is 1.89. The molecule has 3 aromatic rings. The molecule has 6 heteroatoms. The molecule has 22 heavy (non-hydrogen) atoms. The second-order valence-electron chi connectivity index (χ2n) is 4.59. The fourth-order valence-corrected chi connectivity index (χ4v) is 1.89. The number of carbonyl (C=O) groups excluding carboxylic acids is 1. The minimum absolute atomic E-state index is 0.0887. The molecule has 1 heterocycles. The number of phenols is 2. The number of aromatic hydroxyl groups is 2. The maximum absolute atomic E-state index is 12.1. The van der Waals surface area contributed by atoms with Crippen molar-refractivity contribution in [3.05, 3.63) is 60.5 Å². The van der Waals surface area contributed by atoms with Gasteiger partial charge in [0.15, 0.2) is 5.69 Å². The molecule has 0 radical (unpaired) electrons. The predicted molar refractivity (Wildman–Crippen MR) is 79.7 cm³/mol. The number of nitrogens with one attached hydrogen (secondary N) is 1. The van der Waals surface area contributed by atoms with Gasteiger partial charge in [0.2, 0.25) is 5.89 Å². The van der Waals surface area contributed by atoms with Gasteiger partial charge in [-0.1, -0.05) is 6.07 Å². The number of oxazole rings is 1. The van der Waals surface area contributed by atoms with Gasteiger partial charge in [0.05, 0.1) is 0 Å². The van der Waals surface area contributed by atoms with Crippen LogP contribution < -0.4 is 5.32 Å². The average molecular weight is 296 g/mol. The molecule has 0 unspecified atom stereocenters. The fraction of sp³-hybridized carbons (Fsp3) is 0. The van der Waals surface area contributed by atoms with Crippen LogP contribution in [0.4, 0.5) is 5.69 Å². The summed E-state index contributed by atoms with van der Waals surface area (Å²) in [5, 5.41) is 21.3. The van der Waals surface area contributed by atoms with Crippen LogP contribution in [0.1, 0.15) is 10.5 Å². The zero-order valence-electron chi connectivity index (χ0n) is 11.4. The Balaban J connectivity index is 1.78. The summed E-state index contributed by atoms with van der Waals surface area (Å²) in [6.45, 7) is 0. The molecule has 0 spiro atoms. The number of phenolic OH excluding ortho intramolecular Hbond substituents is 2. The lowest BCUT2D eigenvalue weighted by molar-refractivity contribution is 0.102. The number of rotatable bonds is 3. The van der Waals surface area contributed by atoms with Gasteiger partial charge in [-0.3, -0.25) is 4.79 Å². The highest BCUT2D eigenvalue weighted by atomic mass is 16.3. The minimum Gasteiger partial charge on any atom is -0.508 e. The molecule has 0 aliphatic rings. The van der Waals surface area contributed by atoms with Crippen LogP contribution in [-0.2, 0) is 0 Å². The topological polar surface area (TPSA) is 95.6 Å². The van der Waals surface area contributed by atoms with Crippen LogP contribution >= 0.6 is 0 Å². The maximum atomic E-state index is 12.1. The van der Waals surface area contributed by atoms with Gasteiger partial charge in [0.1, 0.15) is 17.8 Å². The minimum atomic E-state index is -0.430. The summed E-state index contributed by atoms with van der Waals surface area (Å²) in [6, 6.07) is 12.5. The predicted octanol–water partition coefficient (Wildman–Crippen LogP) is 3.01. The van der Waals surface area contributed by atoms with Gasteiger partial charge in [-0.2, -0.15) is 0 Å². The zero-order chi connectivity index (χ0) is 15.5. The molecule has 0 saturated carbocycles. The number of hydrogen-bond donors (Lipinski definition) is 3. The number of aromatic nitrogens is 1. The van der Waals surface area contributed by atoms with Gasteiger partial charge in [-0.05, 0) is 42.5 Å². The van der Waals surface area contributed by atoms with Crippen LogP contribution in [-0.4, -0.2) is 21.1 Å². The lowest BCUT2D eigenvalue weighted by atomic mass is 10.2. The second kappa shape index (κ2) is 5.61. The zero-order valence-corrected chi connectivity index (χ0v) is 11.4. The Kier molecular flexibility index (Phi) is 3.49. The van der Waals surface area contributed by atoms with E-state index in [2.05, 4.69) is 10.3 Å². The van der Waals surface area contributed by atoms with E-state index >= 15 is 0 Å². The van der Waals surface area contributed by atoms with E-state index in [1.54, 1.807) is 24.3 Å². The Morgan fingerprint density at radius 1 is 1.05 bits per heavy atom. The van der Waals surface area contributed by atoms with E-state index in [-0.39, 0.29) is 23.1 Å². The quantitative estimate of drug-likeness (QED) is 0.646. The Hall–Kier alpha value is -3.28. The largest absolute Gasteiger partial charge is 0.508 e. The van der Waals surface area contributed by atoms with Crippen molar-refractivity contribution < 1.29 is 19.4 Å². The molecule has 2 aromatic carbocycles. The molecule has 0 aliphatic carbocycles. The third-order valence-electron chi connectivity index (χ3n) is 2.96. The molecule has 0 fully saturated rings. The Bertz CT molecular complexity index is 809. The molecule has 0 aliphatic heterocycles. The molecule has 0 saturated heterocycles. The van der Waals surface area contributed by atoms with Gasteiger partial charge in [0, 0.05) is 11.3 Å². The highest BCUT2D eigenvalue weighted by Gasteiger charge is 2.14. The highest BCUT2D eigenvalue weighted by molar-refractivity contribution is 6.02. The van der Waals surface area contributed by atoms with Gasteiger partial charge in [0.25, 0.3) is 5.91 Å². The smallest absolute Gasteiger partial charge is 0.277 e. The number of anilines is 1. The van der Waals surface area contributed by atoms with Crippen LogP contribution in [0.2, 0.25) is 0 Å². The monoisotopic (exact) mass is 296 g/mol. The van der Waals surface area contributed by atoms with Crippen LogP contribution in [0.3, 0.4) is 0 Å². The van der Waals surface area contributed by atoms with Gasteiger partial charge < -0.3 is 19.9 Å². The van der Waals surface area contributed by atoms with Crippen molar-refractivity contribution >= 4 is 11.6 Å². The van der Waals surface area contributed by atoms with E-state index < -0.39 is 5.91 Å². The van der Waals surface area contributed by atoms with E-state index in [4.69, 9.17) is 4.42 Å². The molecule has 1 amide bonds. The summed E-state index contributed by atoms with van der Waals surface area (Å²) in [7, 11) is 0. The van der Waals surface area contributed by atoms with Crippen LogP contribution in [0, 0.1) is 0 Å². The molecule has 110 valence electrons. The van der Waals surface area contributed by atoms with Gasteiger partial charge in [-0.25, -0.2) is 4.98 Å². The first-order valence-corrected chi connectivity index (χ1v) is 6.47. The highest BCUT2D eigenvalue weighted by Crippen LogP contribution is 2.23. The summed E-state index contributed by atoms with van der Waals surface area (Å²) in [5.74, 6) is 0.0176. The van der Waals surface area contributed by atoms with E-state index in [0.717, 1.165) is 0 Å². The standard InChI is InChI=1S/C16H12N2O4/c19-12-6-4-11(5-7-12)17-15(21)14-9-22-16(18-14)10-2-1-3-13(20)8-10/h1-9,19-20H,(H,17,21). The number of nitrogens with zero attached hydrogens (tertiary/aromatic N) is 1. The average Bonchev–Trinajstić information content (AvgIpc) is 3.00. The van der Waals surface area contributed by atoms with Crippen molar-refractivity contribution in [2.75, 3.05) is 5.32 Å². The van der Waals surface area contributed by atoms with Crippen LogP contribution in [0.25, 0.3) is 11.5 Å². The lowest BCUT2D eigenvalue weighted by Gasteiger charge is -2.02. The van der Waals surface area contributed by atoms with Crippen LogP contribution in [0.15, 0.2) is 59.2 Å². The van der Waals surface area contributed by atoms with Gasteiger partial charge >= 0.3 is 0 Å². The van der Waals surface area contributed by atoms with Gasteiger partial charge in [-0.15, -0.1) is 0 Å². The molecule has 0 bridgehead atoms. The first-order chi connectivity index (χ1) is 10.6. The third-order valence-corrected chi connectivity index (χ3v) is 2.96. The van der Waals surface area contributed by atoms with E-state index in [0.29, 0.717) is 11.3 Å². The number of benzene rings is 2. The molecule has 3 rings (SSSR count). The molecule has 3 N–H and O–H groups in total. The number of amides is 1. The van der Waals surface area contributed by atoms with Crippen molar-refractivity contribution in [1.29, 1.82) is 0 Å². The SMILES string of the molecule is O=C(Nc1ccc(O)cc1)c1coc(-c2cccc(O)c2)n1. The first-order valence-electron chi connectivity index (χ1n) is 6.47. The molecular formula is C16H12N2O4. The summed E-state index contributed by atoms with van der Waals surface area (Å²) in [6.07, 6.45) is 1.25. The second-order valence-corrected chi connectivity index (χ2v) is 4.59. The van der Waals surface area contributed by atoms with Crippen molar-refractivity contribution in [2.45, 2.75) is 0 Å². The van der Waals surface area contributed by atoms with E-state index in [1.165, 1.54) is 30.5 Å². The van der Waals surface area contributed by atoms with Crippen molar-refractivity contribution in [2.24, 2.45) is 0 Å². The first kappa shape index (κ1) is 13.7. The van der Waals surface area contributed by atoms with Crippen molar-refractivity contribution in [1.82, 2.24) is 4.98 Å². The Labute approximate surface area is 125 Å². The molecule has 1 aromatic heterocycles. The summed E-state index contributed by atoms with van der Waals surface area (Å²) in [5.41, 5.74) is 1.22. The Morgan fingerprint density at radius 3 is 2.55 bits per heavy atom. The summed E-state index contributed by atoms with van der Waals surface area (Å²) in [4.78, 5) is 16.2. The van der Waals surface area contributed by atoms with E-state index in [9.17, 15) is 15.0 Å². The van der Waals surface area contributed by atoms with Crippen LogP contribution in [0.5, 0.6) is 11.5 Å². The maximum Gasteiger partial charge on any atom is 0.277 e. The summed E-state index contributed by atoms with van der Waals surface area (Å²) >= 11 is 0. The van der Waals surface area contributed by atoms with E-state index in [1.807, 2.05) is 0 Å².